The van der Waals surface area contributed by atoms with E-state index in [0.717, 1.165) is 5.56 Å². The first-order valence-corrected chi connectivity index (χ1v) is 11.1. The first-order chi connectivity index (χ1) is 16.6. The van der Waals surface area contributed by atoms with Crippen molar-refractivity contribution in [1.82, 2.24) is 5.16 Å². The molecule has 1 atom stereocenters. The number of ether oxygens (including phenoxy) is 2. The van der Waals surface area contributed by atoms with Crippen LogP contribution in [0.5, 0.6) is 11.5 Å². The number of benzene rings is 2. The number of aryl methyl sites for hydroxylation is 1. The SMILES string of the molecule is COc1ccc(/C(O)=C2\C(=O)C(=O)N(c3cc(C)on3)[C@@H]2c2ccc(C(C)(C)C)cc2)cc1OC. The van der Waals surface area contributed by atoms with Crippen LogP contribution in [0, 0.1) is 6.92 Å². The highest BCUT2D eigenvalue weighted by molar-refractivity contribution is 6.51. The molecule has 0 unspecified atom stereocenters. The summed E-state index contributed by atoms with van der Waals surface area (Å²) < 4.78 is 15.8. The molecule has 1 aromatic heterocycles. The summed E-state index contributed by atoms with van der Waals surface area (Å²) in [7, 11) is 2.98. The predicted molar refractivity (Wildman–Crippen MR) is 131 cm³/mol. The lowest BCUT2D eigenvalue weighted by Crippen LogP contribution is -2.29. The second-order valence-corrected chi connectivity index (χ2v) is 9.41. The number of anilines is 1. The third kappa shape index (κ3) is 4.27. The number of amides is 1. The summed E-state index contributed by atoms with van der Waals surface area (Å²) in [5.74, 6) is -0.407. The highest BCUT2D eigenvalue weighted by atomic mass is 16.5. The van der Waals surface area contributed by atoms with Crippen molar-refractivity contribution in [2.75, 3.05) is 19.1 Å². The van der Waals surface area contributed by atoms with Gasteiger partial charge < -0.3 is 19.1 Å². The molecule has 1 saturated heterocycles. The van der Waals surface area contributed by atoms with Crippen LogP contribution in [-0.4, -0.2) is 36.2 Å². The van der Waals surface area contributed by atoms with Crippen molar-refractivity contribution >= 4 is 23.3 Å². The van der Waals surface area contributed by atoms with Crippen molar-refractivity contribution in [2.24, 2.45) is 0 Å². The van der Waals surface area contributed by atoms with Gasteiger partial charge in [-0.3, -0.25) is 14.5 Å². The molecule has 0 spiro atoms. The maximum atomic E-state index is 13.3. The minimum atomic E-state index is -0.901. The summed E-state index contributed by atoms with van der Waals surface area (Å²) in [4.78, 5) is 27.7. The molecule has 0 saturated carbocycles. The van der Waals surface area contributed by atoms with Gasteiger partial charge in [0, 0.05) is 11.6 Å². The van der Waals surface area contributed by atoms with Gasteiger partial charge in [-0.05, 0) is 41.7 Å². The first kappa shape index (κ1) is 24.1. The molecule has 4 rings (SSSR count). The summed E-state index contributed by atoms with van der Waals surface area (Å²) in [5, 5.41) is 15.3. The Labute approximate surface area is 203 Å². The van der Waals surface area contributed by atoms with Gasteiger partial charge in [0.25, 0.3) is 5.78 Å². The zero-order valence-electron chi connectivity index (χ0n) is 20.6. The molecule has 1 aliphatic heterocycles. The normalized spacial score (nSPS) is 17.7. The van der Waals surface area contributed by atoms with E-state index in [1.807, 2.05) is 24.3 Å². The number of aromatic nitrogens is 1. The monoisotopic (exact) mass is 476 g/mol. The molecule has 3 aromatic rings. The van der Waals surface area contributed by atoms with Gasteiger partial charge in [-0.2, -0.15) is 0 Å². The van der Waals surface area contributed by atoms with Crippen LogP contribution < -0.4 is 14.4 Å². The molecule has 0 radical (unpaired) electrons. The van der Waals surface area contributed by atoms with E-state index in [4.69, 9.17) is 14.0 Å². The second-order valence-electron chi connectivity index (χ2n) is 9.41. The molecule has 182 valence electrons. The van der Waals surface area contributed by atoms with Crippen LogP contribution in [-0.2, 0) is 15.0 Å². The fourth-order valence-corrected chi connectivity index (χ4v) is 4.16. The largest absolute Gasteiger partial charge is 0.507 e. The Morgan fingerprint density at radius 3 is 2.20 bits per heavy atom. The standard InChI is InChI=1S/C27H28N2O6/c1-15-13-21(28-35-15)29-23(16-7-10-18(11-8-16)27(2,3)4)22(25(31)26(29)32)24(30)17-9-12-19(33-5)20(14-17)34-6/h7-14,23,30H,1-6H3/b24-22+/t23-/m1/s1. The van der Waals surface area contributed by atoms with E-state index in [9.17, 15) is 14.7 Å². The number of carbonyl (C=O) groups excluding carboxylic acids is 2. The Morgan fingerprint density at radius 1 is 1.00 bits per heavy atom. The van der Waals surface area contributed by atoms with E-state index in [1.165, 1.54) is 19.1 Å². The number of carbonyl (C=O) groups is 2. The van der Waals surface area contributed by atoms with E-state index in [-0.39, 0.29) is 22.6 Å². The van der Waals surface area contributed by atoms with Gasteiger partial charge in [0.2, 0.25) is 0 Å². The quantitative estimate of drug-likeness (QED) is 0.317. The summed E-state index contributed by atoms with van der Waals surface area (Å²) in [6.07, 6.45) is 0. The average Bonchev–Trinajstić information content (AvgIpc) is 3.38. The Kier molecular flexibility index (Phi) is 6.15. The molecule has 1 amide bonds. The number of hydrogen-bond donors (Lipinski definition) is 1. The van der Waals surface area contributed by atoms with Gasteiger partial charge in [-0.25, -0.2) is 0 Å². The average molecular weight is 477 g/mol. The van der Waals surface area contributed by atoms with Crippen LogP contribution in [0.3, 0.4) is 0 Å². The number of methoxy groups -OCH3 is 2. The van der Waals surface area contributed by atoms with Gasteiger partial charge in [0.1, 0.15) is 11.5 Å². The lowest BCUT2D eigenvalue weighted by Gasteiger charge is -2.24. The zero-order chi connectivity index (χ0) is 25.5. The zero-order valence-corrected chi connectivity index (χ0v) is 20.6. The van der Waals surface area contributed by atoms with Gasteiger partial charge in [0.15, 0.2) is 17.3 Å². The molecule has 0 bridgehead atoms. The summed E-state index contributed by atoms with van der Waals surface area (Å²) in [6.45, 7) is 8.00. The van der Waals surface area contributed by atoms with Crippen molar-refractivity contribution in [3.05, 3.63) is 76.6 Å². The Hall–Kier alpha value is -4.07. The fourth-order valence-electron chi connectivity index (χ4n) is 4.16. The van der Waals surface area contributed by atoms with Crippen LogP contribution in [0.1, 0.15) is 49.3 Å². The third-order valence-corrected chi connectivity index (χ3v) is 6.06. The smallest absolute Gasteiger partial charge is 0.301 e. The number of Topliss-reactive ketones (excluding diaryl/α,β-unsaturated/α-hetero) is 1. The van der Waals surface area contributed by atoms with Crippen LogP contribution in [0.15, 0.2) is 58.6 Å². The molecule has 35 heavy (non-hydrogen) atoms. The van der Waals surface area contributed by atoms with Crippen molar-refractivity contribution < 1.29 is 28.7 Å². The van der Waals surface area contributed by atoms with Crippen molar-refractivity contribution in [3.8, 4) is 11.5 Å². The topological polar surface area (TPSA) is 102 Å². The summed E-state index contributed by atoms with van der Waals surface area (Å²) in [6, 6.07) is 13.1. The Morgan fingerprint density at radius 2 is 1.66 bits per heavy atom. The maximum absolute atomic E-state index is 13.3. The van der Waals surface area contributed by atoms with Crippen LogP contribution in [0.4, 0.5) is 5.82 Å². The molecule has 1 fully saturated rings. The number of aliphatic hydroxyl groups excluding tert-OH is 1. The van der Waals surface area contributed by atoms with Crippen molar-refractivity contribution in [2.45, 2.75) is 39.2 Å². The summed E-state index contributed by atoms with van der Waals surface area (Å²) in [5.41, 5.74) is 1.93. The predicted octanol–water partition coefficient (Wildman–Crippen LogP) is 4.92. The lowest BCUT2D eigenvalue weighted by molar-refractivity contribution is -0.132. The highest BCUT2D eigenvalue weighted by Gasteiger charge is 2.48. The molecule has 2 heterocycles. The number of rotatable bonds is 5. The Bertz CT molecular complexity index is 1310. The fraction of sp³-hybridized carbons (Fsp3) is 0.296. The van der Waals surface area contributed by atoms with Crippen molar-refractivity contribution in [1.29, 1.82) is 0 Å². The van der Waals surface area contributed by atoms with Crippen LogP contribution >= 0.6 is 0 Å². The lowest BCUT2D eigenvalue weighted by atomic mass is 9.85. The number of hydrogen-bond acceptors (Lipinski definition) is 7. The molecule has 0 aliphatic carbocycles. The van der Waals surface area contributed by atoms with E-state index in [2.05, 4.69) is 25.9 Å². The minimum Gasteiger partial charge on any atom is -0.507 e. The number of aliphatic hydroxyl groups is 1. The van der Waals surface area contributed by atoms with Gasteiger partial charge in [-0.1, -0.05) is 50.2 Å². The summed E-state index contributed by atoms with van der Waals surface area (Å²) >= 11 is 0. The molecular formula is C27H28N2O6. The number of nitrogens with zero attached hydrogens (tertiary/aromatic N) is 2. The van der Waals surface area contributed by atoms with E-state index in [0.29, 0.717) is 28.4 Å². The molecule has 1 aliphatic rings. The highest BCUT2D eigenvalue weighted by Crippen LogP contribution is 2.43. The van der Waals surface area contributed by atoms with Crippen molar-refractivity contribution in [3.63, 3.8) is 0 Å². The van der Waals surface area contributed by atoms with E-state index >= 15 is 0 Å². The van der Waals surface area contributed by atoms with Crippen LogP contribution in [0.2, 0.25) is 0 Å². The Balaban J connectivity index is 1.92. The van der Waals surface area contributed by atoms with Gasteiger partial charge >= 0.3 is 5.91 Å². The van der Waals surface area contributed by atoms with Gasteiger partial charge in [0.05, 0.1) is 25.8 Å². The van der Waals surface area contributed by atoms with E-state index < -0.39 is 17.7 Å². The molecule has 8 nitrogen and oxygen atoms in total. The second kappa shape index (κ2) is 8.94. The molecule has 8 heteroatoms. The minimum absolute atomic E-state index is 0.0496. The van der Waals surface area contributed by atoms with Gasteiger partial charge in [-0.15, -0.1) is 0 Å². The number of ketones is 1. The third-order valence-electron chi connectivity index (χ3n) is 6.06. The first-order valence-electron chi connectivity index (χ1n) is 11.1. The molecule has 2 aromatic carbocycles. The molecule has 1 N–H and O–H groups in total. The molecular weight excluding hydrogens is 448 g/mol. The van der Waals surface area contributed by atoms with E-state index in [1.54, 1.807) is 31.2 Å². The maximum Gasteiger partial charge on any atom is 0.301 e. The van der Waals surface area contributed by atoms with Crippen LogP contribution in [0.25, 0.3) is 5.76 Å².